The molecule has 0 unspecified atom stereocenters. The summed E-state index contributed by atoms with van der Waals surface area (Å²) in [5.74, 6) is -0.163. The van der Waals surface area contributed by atoms with Crippen molar-refractivity contribution in [1.29, 1.82) is 5.26 Å². The van der Waals surface area contributed by atoms with Crippen LogP contribution in [0.15, 0.2) is 34.1 Å². The fourth-order valence-corrected chi connectivity index (χ4v) is 2.86. The first-order chi connectivity index (χ1) is 8.60. The predicted molar refractivity (Wildman–Crippen MR) is 75.9 cm³/mol. The minimum atomic E-state index is -0.163. The molecule has 1 aromatic heterocycles. The van der Waals surface area contributed by atoms with Gasteiger partial charge in [0.2, 0.25) is 0 Å². The van der Waals surface area contributed by atoms with E-state index < -0.39 is 0 Å². The van der Waals surface area contributed by atoms with E-state index in [0.717, 1.165) is 9.35 Å². The summed E-state index contributed by atoms with van der Waals surface area (Å²) in [6.07, 6.45) is 0. The lowest BCUT2D eigenvalue weighted by molar-refractivity contribution is 0.103. The maximum Gasteiger partial charge on any atom is 0.265 e. The number of carbonyl (C=O) groups is 1. The minimum absolute atomic E-state index is 0.163. The van der Waals surface area contributed by atoms with Crippen molar-refractivity contribution in [2.75, 3.05) is 5.32 Å². The summed E-state index contributed by atoms with van der Waals surface area (Å²) >= 11 is 4.78. The number of nitrogens with zero attached hydrogens (tertiary/aromatic N) is 1. The molecule has 0 spiro atoms. The molecule has 1 heterocycles. The first-order valence-electron chi connectivity index (χ1n) is 5.17. The van der Waals surface area contributed by atoms with Gasteiger partial charge < -0.3 is 5.32 Å². The molecule has 0 radical (unpaired) electrons. The first-order valence-corrected chi connectivity index (χ1v) is 6.78. The van der Waals surface area contributed by atoms with Gasteiger partial charge in [0.25, 0.3) is 5.91 Å². The molecule has 0 fully saturated rings. The third-order valence-corrected chi connectivity index (χ3v) is 4.47. The van der Waals surface area contributed by atoms with Crippen LogP contribution in [0.25, 0.3) is 0 Å². The summed E-state index contributed by atoms with van der Waals surface area (Å²) in [7, 11) is 0. The zero-order valence-corrected chi connectivity index (χ0v) is 11.9. The van der Waals surface area contributed by atoms with Crippen molar-refractivity contribution in [3.8, 4) is 6.07 Å². The topological polar surface area (TPSA) is 52.9 Å². The number of aryl methyl sites for hydroxylation is 1. The highest BCUT2D eigenvalue weighted by Crippen LogP contribution is 2.27. The number of rotatable bonds is 2. The monoisotopic (exact) mass is 320 g/mol. The molecule has 2 rings (SSSR count). The maximum absolute atomic E-state index is 12.0. The summed E-state index contributed by atoms with van der Waals surface area (Å²) in [6, 6.07) is 10.7. The molecule has 90 valence electrons. The fourth-order valence-electron chi connectivity index (χ4n) is 1.43. The Labute approximate surface area is 117 Å². The Kier molecular flexibility index (Phi) is 3.80. The molecule has 18 heavy (non-hydrogen) atoms. The number of nitriles is 1. The normalized spacial score (nSPS) is 9.83. The molecule has 1 aromatic carbocycles. The Morgan fingerprint density at radius 1 is 1.44 bits per heavy atom. The minimum Gasteiger partial charge on any atom is -0.321 e. The molecule has 0 atom stereocenters. The molecule has 1 amide bonds. The van der Waals surface area contributed by atoms with Crippen molar-refractivity contribution in [3.63, 3.8) is 0 Å². The van der Waals surface area contributed by atoms with Crippen LogP contribution in [-0.4, -0.2) is 5.91 Å². The molecule has 0 saturated carbocycles. The number of carbonyl (C=O) groups excluding carboxylic acids is 1. The van der Waals surface area contributed by atoms with Crippen molar-refractivity contribution in [2.45, 2.75) is 6.92 Å². The van der Waals surface area contributed by atoms with Crippen molar-refractivity contribution in [1.82, 2.24) is 0 Å². The van der Waals surface area contributed by atoms with Gasteiger partial charge in [0.1, 0.15) is 0 Å². The van der Waals surface area contributed by atoms with Gasteiger partial charge in [-0.2, -0.15) is 5.26 Å². The second-order valence-corrected chi connectivity index (χ2v) is 6.08. The number of amides is 1. The molecule has 3 nitrogen and oxygen atoms in total. The van der Waals surface area contributed by atoms with Crippen LogP contribution >= 0.6 is 27.3 Å². The number of halogens is 1. The lowest BCUT2D eigenvalue weighted by atomic mass is 10.2. The van der Waals surface area contributed by atoms with E-state index in [1.54, 1.807) is 24.3 Å². The Hall–Kier alpha value is -1.64. The fraction of sp³-hybridized carbons (Fsp3) is 0.0769. The second kappa shape index (κ2) is 5.34. The number of nitrogens with one attached hydrogen (secondary N) is 1. The SMILES string of the molecule is Cc1cc(C(=O)Nc2cccc(C#N)c2)sc1Br. The molecular weight excluding hydrogens is 312 g/mol. The van der Waals surface area contributed by atoms with Crippen molar-refractivity contribution >= 4 is 38.9 Å². The summed E-state index contributed by atoms with van der Waals surface area (Å²) in [5, 5.41) is 11.6. The van der Waals surface area contributed by atoms with Gasteiger partial charge in [-0.25, -0.2) is 0 Å². The largest absolute Gasteiger partial charge is 0.321 e. The van der Waals surface area contributed by atoms with Crippen LogP contribution in [0.5, 0.6) is 0 Å². The van der Waals surface area contributed by atoms with E-state index in [0.29, 0.717) is 16.1 Å². The van der Waals surface area contributed by atoms with Crippen molar-refractivity contribution in [2.24, 2.45) is 0 Å². The highest BCUT2D eigenvalue weighted by atomic mass is 79.9. The summed E-state index contributed by atoms with van der Waals surface area (Å²) in [6.45, 7) is 1.94. The quantitative estimate of drug-likeness (QED) is 0.911. The average Bonchev–Trinajstić information content (AvgIpc) is 2.70. The molecule has 2 aromatic rings. The molecule has 0 aliphatic carbocycles. The highest BCUT2D eigenvalue weighted by Gasteiger charge is 2.11. The van der Waals surface area contributed by atoms with Gasteiger partial charge in [-0.15, -0.1) is 11.3 Å². The highest BCUT2D eigenvalue weighted by molar-refractivity contribution is 9.11. The molecule has 5 heteroatoms. The molecule has 1 N–H and O–H groups in total. The van der Waals surface area contributed by atoms with E-state index in [2.05, 4.69) is 21.2 Å². The van der Waals surface area contributed by atoms with Crippen LogP contribution in [0.1, 0.15) is 20.8 Å². The van der Waals surface area contributed by atoms with E-state index in [1.807, 2.05) is 19.1 Å². The van der Waals surface area contributed by atoms with Crippen LogP contribution in [0.2, 0.25) is 0 Å². The van der Waals surface area contributed by atoms with Gasteiger partial charge in [-0.1, -0.05) is 6.07 Å². The summed E-state index contributed by atoms with van der Waals surface area (Å²) in [4.78, 5) is 12.6. The molecule has 0 saturated heterocycles. The van der Waals surface area contributed by atoms with E-state index >= 15 is 0 Å². The van der Waals surface area contributed by atoms with Crippen LogP contribution in [-0.2, 0) is 0 Å². The molecule has 0 bridgehead atoms. The number of hydrogen-bond donors (Lipinski definition) is 1. The number of thiophene rings is 1. The first kappa shape index (κ1) is 12.8. The van der Waals surface area contributed by atoms with E-state index in [9.17, 15) is 4.79 Å². The Morgan fingerprint density at radius 2 is 2.22 bits per heavy atom. The van der Waals surface area contributed by atoms with Crippen molar-refractivity contribution < 1.29 is 4.79 Å². The van der Waals surface area contributed by atoms with Gasteiger partial charge in [-0.3, -0.25) is 4.79 Å². The van der Waals surface area contributed by atoms with Gasteiger partial charge in [0.15, 0.2) is 0 Å². The summed E-state index contributed by atoms with van der Waals surface area (Å²) in [5.41, 5.74) is 2.19. The zero-order valence-electron chi connectivity index (χ0n) is 9.53. The molecule has 0 aliphatic rings. The summed E-state index contributed by atoms with van der Waals surface area (Å²) < 4.78 is 0.957. The Morgan fingerprint density at radius 3 is 2.83 bits per heavy atom. The third-order valence-electron chi connectivity index (χ3n) is 2.33. The Balaban J connectivity index is 2.19. The zero-order chi connectivity index (χ0) is 13.1. The van der Waals surface area contributed by atoms with E-state index in [-0.39, 0.29) is 5.91 Å². The van der Waals surface area contributed by atoms with Crippen LogP contribution in [0.4, 0.5) is 5.69 Å². The van der Waals surface area contributed by atoms with Gasteiger partial charge >= 0.3 is 0 Å². The van der Waals surface area contributed by atoms with Gasteiger partial charge in [-0.05, 0) is 52.7 Å². The Bertz CT molecular complexity index is 623. The lowest BCUT2D eigenvalue weighted by Gasteiger charge is -2.03. The lowest BCUT2D eigenvalue weighted by Crippen LogP contribution is -2.10. The van der Waals surface area contributed by atoms with E-state index in [4.69, 9.17) is 5.26 Å². The second-order valence-electron chi connectivity index (χ2n) is 3.71. The number of hydrogen-bond acceptors (Lipinski definition) is 3. The van der Waals surface area contributed by atoms with Crippen LogP contribution < -0.4 is 5.32 Å². The van der Waals surface area contributed by atoms with Gasteiger partial charge in [0.05, 0.1) is 20.3 Å². The maximum atomic E-state index is 12.0. The number of benzene rings is 1. The predicted octanol–water partition coefficient (Wildman–Crippen LogP) is 3.94. The standard InChI is InChI=1S/C13H9BrN2OS/c1-8-5-11(18-12(8)14)13(17)16-10-4-2-3-9(6-10)7-15/h2-6H,1H3,(H,16,17). The van der Waals surface area contributed by atoms with Crippen LogP contribution in [0, 0.1) is 18.3 Å². The number of anilines is 1. The smallest absolute Gasteiger partial charge is 0.265 e. The third kappa shape index (κ3) is 2.78. The van der Waals surface area contributed by atoms with Gasteiger partial charge in [0, 0.05) is 5.69 Å². The van der Waals surface area contributed by atoms with E-state index in [1.165, 1.54) is 11.3 Å². The molecule has 0 aliphatic heterocycles. The van der Waals surface area contributed by atoms with Crippen molar-refractivity contribution in [3.05, 3.63) is 50.1 Å². The average molecular weight is 321 g/mol. The molecular formula is C13H9BrN2OS. The van der Waals surface area contributed by atoms with Crippen LogP contribution in [0.3, 0.4) is 0 Å².